The second-order valence-corrected chi connectivity index (χ2v) is 5.50. The lowest BCUT2D eigenvalue weighted by molar-refractivity contribution is -0.139. The van der Waals surface area contributed by atoms with Crippen LogP contribution in [0.25, 0.3) is 0 Å². The van der Waals surface area contributed by atoms with Crippen molar-refractivity contribution in [1.29, 1.82) is 0 Å². The summed E-state index contributed by atoms with van der Waals surface area (Å²) in [7, 11) is 0. The van der Waals surface area contributed by atoms with Gasteiger partial charge in [-0.3, -0.25) is 4.79 Å². The largest absolute Gasteiger partial charge is 0.480 e. The van der Waals surface area contributed by atoms with Crippen LogP contribution in [0.3, 0.4) is 0 Å². The highest BCUT2D eigenvalue weighted by atomic mass is 35.5. The first-order chi connectivity index (χ1) is 10.5. The molecule has 6 heteroatoms. The molecule has 2 rings (SSSR count). The minimum Gasteiger partial charge on any atom is -0.480 e. The summed E-state index contributed by atoms with van der Waals surface area (Å²) in [4.78, 5) is 23.5. The lowest BCUT2D eigenvalue weighted by atomic mass is 10.1. The van der Waals surface area contributed by atoms with Crippen molar-refractivity contribution in [3.8, 4) is 0 Å². The van der Waals surface area contributed by atoms with Gasteiger partial charge in [-0.15, -0.1) is 0 Å². The van der Waals surface area contributed by atoms with Crippen molar-refractivity contribution in [2.24, 2.45) is 0 Å². The van der Waals surface area contributed by atoms with Gasteiger partial charge in [0.25, 0.3) is 5.91 Å². The van der Waals surface area contributed by atoms with Crippen molar-refractivity contribution in [2.45, 2.75) is 12.5 Å². The molecule has 0 saturated heterocycles. The van der Waals surface area contributed by atoms with E-state index >= 15 is 0 Å². The first-order valence-corrected chi connectivity index (χ1v) is 7.25. The summed E-state index contributed by atoms with van der Waals surface area (Å²) in [6.07, 6.45) is 0.198. The number of amides is 1. The zero-order valence-electron chi connectivity index (χ0n) is 11.4. The van der Waals surface area contributed by atoms with E-state index in [9.17, 15) is 14.7 Å². The molecule has 4 nitrogen and oxygen atoms in total. The summed E-state index contributed by atoms with van der Waals surface area (Å²) in [6.45, 7) is 0. The van der Waals surface area contributed by atoms with E-state index in [1.807, 2.05) is 18.2 Å². The fraction of sp³-hybridized carbons (Fsp3) is 0.125. The number of rotatable bonds is 5. The molecule has 0 fully saturated rings. The number of carbonyl (C=O) groups excluding carboxylic acids is 1. The van der Waals surface area contributed by atoms with Crippen LogP contribution >= 0.6 is 23.2 Å². The molecule has 2 aromatic carbocycles. The van der Waals surface area contributed by atoms with Crippen LogP contribution < -0.4 is 5.32 Å². The molecule has 0 aliphatic carbocycles. The molecule has 22 heavy (non-hydrogen) atoms. The van der Waals surface area contributed by atoms with Crippen LogP contribution in [0.5, 0.6) is 0 Å². The Morgan fingerprint density at radius 1 is 1.05 bits per heavy atom. The highest BCUT2D eigenvalue weighted by Gasteiger charge is 2.21. The molecule has 0 spiro atoms. The quantitative estimate of drug-likeness (QED) is 0.878. The monoisotopic (exact) mass is 337 g/mol. The predicted octanol–water partition coefficient (Wildman–Crippen LogP) is 3.42. The molecule has 2 N–H and O–H groups in total. The van der Waals surface area contributed by atoms with E-state index in [4.69, 9.17) is 23.2 Å². The van der Waals surface area contributed by atoms with Gasteiger partial charge in [0, 0.05) is 12.0 Å². The standard InChI is InChI=1S/C16H13Cl2NO3/c17-12-7-6-11(9-13(12)18)15(20)19-14(16(21)22)8-10-4-2-1-3-5-10/h1-7,9,14H,8H2,(H,19,20)(H,21,22). The van der Waals surface area contributed by atoms with Crippen LogP contribution in [0, 0.1) is 0 Å². The highest BCUT2D eigenvalue weighted by Crippen LogP contribution is 2.22. The van der Waals surface area contributed by atoms with Crippen LogP contribution in [0.2, 0.25) is 10.0 Å². The molecular formula is C16H13Cl2NO3. The Hall–Kier alpha value is -2.04. The van der Waals surface area contributed by atoms with Gasteiger partial charge >= 0.3 is 5.97 Å². The molecular weight excluding hydrogens is 325 g/mol. The fourth-order valence-corrected chi connectivity index (χ4v) is 2.23. The van der Waals surface area contributed by atoms with Gasteiger partial charge in [-0.1, -0.05) is 53.5 Å². The molecule has 114 valence electrons. The topological polar surface area (TPSA) is 66.4 Å². The molecule has 0 aliphatic rings. The van der Waals surface area contributed by atoms with E-state index < -0.39 is 17.9 Å². The maximum Gasteiger partial charge on any atom is 0.326 e. The Morgan fingerprint density at radius 2 is 1.73 bits per heavy atom. The van der Waals surface area contributed by atoms with E-state index in [2.05, 4.69) is 5.32 Å². The number of nitrogens with one attached hydrogen (secondary N) is 1. The number of aliphatic carboxylic acids is 1. The van der Waals surface area contributed by atoms with E-state index in [1.165, 1.54) is 18.2 Å². The second kappa shape index (κ2) is 7.29. The number of halogens is 2. The van der Waals surface area contributed by atoms with Crippen molar-refractivity contribution in [2.75, 3.05) is 0 Å². The fourth-order valence-electron chi connectivity index (χ4n) is 1.93. The molecule has 0 aromatic heterocycles. The molecule has 0 saturated carbocycles. The third kappa shape index (κ3) is 4.23. The first-order valence-electron chi connectivity index (χ1n) is 6.50. The van der Waals surface area contributed by atoms with Gasteiger partial charge in [0.15, 0.2) is 0 Å². The number of benzene rings is 2. The molecule has 1 amide bonds. The van der Waals surface area contributed by atoms with Gasteiger partial charge in [0.05, 0.1) is 10.0 Å². The summed E-state index contributed by atoms with van der Waals surface area (Å²) < 4.78 is 0. The lowest BCUT2D eigenvalue weighted by Gasteiger charge is -2.15. The van der Waals surface area contributed by atoms with Gasteiger partial charge < -0.3 is 10.4 Å². The normalized spacial score (nSPS) is 11.7. The van der Waals surface area contributed by atoms with Gasteiger partial charge in [-0.2, -0.15) is 0 Å². The number of carboxylic acid groups (broad SMARTS) is 1. The maximum atomic E-state index is 12.1. The van der Waals surface area contributed by atoms with Crippen LogP contribution in [-0.4, -0.2) is 23.0 Å². The van der Waals surface area contributed by atoms with Crippen molar-refractivity contribution >= 4 is 35.1 Å². The van der Waals surface area contributed by atoms with Crippen molar-refractivity contribution in [3.63, 3.8) is 0 Å². The first kappa shape index (κ1) is 16.3. The Morgan fingerprint density at radius 3 is 2.32 bits per heavy atom. The zero-order valence-corrected chi connectivity index (χ0v) is 12.9. The van der Waals surface area contributed by atoms with E-state index in [0.29, 0.717) is 5.02 Å². The Balaban J connectivity index is 2.12. The zero-order chi connectivity index (χ0) is 16.1. The summed E-state index contributed by atoms with van der Waals surface area (Å²) in [5.41, 5.74) is 1.08. The Labute approximate surface area is 137 Å². The summed E-state index contributed by atoms with van der Waals surface area (Å²) >= 11 is 11.6. The number of carbonyl (C=O) groups is 2. The Kier molecular flexibility index (Phi) is 5.41. The van der Waals surface area contributed by atoms with Crippen molar-refractivity contribution in [3.05, 3.63) is 69.7 Å². The second-order valence-electron chi connectivity index (χ2n) is 4.68. The molecule has 2 aromatic rings. The lowest BCUT2D eigenvalue weighted by Crippen LogP contribution is -2.42. The van der Waals surface area contributed by atoms with E-state index in [0.717, 1.165) is 5.56 Å². The molecule has 0 bridgehead atoms. The van der Waals surface area contributed by atoms with Crippen LogP contribution in [0.4, 0.5) is 0 Å². The summed E-state index contributed by atoms with van der Waals surface area (Å²) in [5, 5.41) is 12.3. The maximum absolute atomic E-state index is 12.1. The van der Waals surface area contributed by atoms with Crippen LogP contribution in [0.1, 0.15) is 15.9 Å². The van der Waals surface area contributed by atoms with Gasteiger partial charge in [0.1, 0.15) is 6.04 Å². The summed E-state index contributed by atoms with van der Waals surface area (Å²) in [6, 6.07) is 12.4. The average molecular weight is 338 g/mol. The highest BCUT2D eigenvalue weighted by molar-refractivity contribution is 6.42. The van der Waals surface area contributed by atoms with Gasteiger partial charge in [-0.25, -0.2) is 4.79 Å². The summed E-state index contributed by atoms with van der Waals surface area (Å²) in [5.74, 6) is -1.61. The van der Waals surface area contributed by atoms with Crippen molar-refractivity contribution < 1.29 is 14.7 Å². The smallest absolute Gasteiger partial charge is 0.326 e. The third-order valence-corrected chi connectivity index (χ3v) is 3.81. The molecule has 0 heterocycles. The van der Waals surface area contributed by atoms with Crippen LogP contribution in [0.15, 0.2) is 48.5 Å². The molecule has 1 unspecified atom stereocenters. The van der Waals surface area contributed by atoms with E-state index in [1.54, 1.807) is 12.1 Å². The Bertz CT molecular complexity index is 689. The molecule has 0 aliphatic heterocycles. The predicted molar refractivity (Wildman–Crippen MR) is 85.5 cm³/mol. The minimum absolute atomic E-state index is 0.198. The number of hydrogen-bond acceptors (Lipinski definition) is 2. The van der Waals surface area contributed by atoms with Crippen molar-refractivity contribution in [1.82, 2.24) is 5.32 Å². The average Bonchev–Trinajstić information content (AvgIpc) is 2.50. The molecule has 1 atom stereocenters. The minimum atomic E-state index is -1.10. The molecule has 0 radical (unpaired) electrons. The van der Waals surface area contributed by atoms with Gasteiger partial charge in [-0.05, 0) is 23.8 Å². The number of carboxylic acids is 1. The van der Waals surface area contributed by atoms with Gasteiger partial charge in [0.2, 0.25) is 0 Å². The van der Waals surface area contributed by atoms with Crippen LogP contribution in [-0.2, 0) is 11.2 Å². The SMILES string of the molecule is O=C(NC(Cc1ccccc1)C(=O)O)c1ccc(Cl)c(Cl)c1. The van der Waals surface area contributed by atoms with E-state index in [-0.39, 0.29) is 17.0 Å². The third-order valence-electron chi connectivity index (χ3n) is 3.07. The number of hydrogen-bond donors (Lipinski definition) is 2.